The van der Waals surface area contributed by atoms with Crippen LogP contribution in [-0.2, 0) is 11.3 Å². The predicted octanol–water partition coefficient (Wildman–Crippen LogP) is 4.65. The van der Waals surface area contributed by atoms with Crippen LogP contribution in [0.1, 0.15) is 50.5 Å². The summed E-state index contributed by atoms with van der Waals surface area (Å²) in [5, 5.41) is 0. The van der Waals surface area contributed by atoms with Crippen LogP contribution >= 0.6 is 0 Å². The molecule has 0 aliphatic heterocycles. The van der Waals surface area contributed by atoms with Gasteiger partial charge < -0.3 is 9.64 Å². The first kappa shape index (κ1) is 23.1. The molecule has 1 amide bonds. The Kier molecular flexibility index (Phi) is 6.84. The summed E-state index contributed by atoms with van der Waals surface area (Å²) in [4.78, 5) is 32.4. The maximum Gasteiger partial charge on any atom is 0.275 e. The number of amides is 1. The van der Waals surface area contributed by atoms with Gasteiger partial charge in [-0.1, -0.05) is 49.6 Å². The second kappa shape index (κ2) is 10.3. The molecule has 182 valence electrons. The fraction of sp³-hybridized carbons (Fsp3) is 0.393. The number of pyridine rings is 1. The van der Waals surface area contributed by atoms with Crippen LogP contribution < -0.4 is 10.3 Å². The summed E-state index contributed by atoms with van der Waals surface area (Å²) in [6.07, 6.45) is 8.90. The first-order valence-corrected chi connectivity index (χ1v) is 12.5. The molecule has 0 spiro atoms. The van der Waals surface area contributed by atoms with Gasteiger partial charge in [0.2, 0.25) is 11.8 Å². The molecule has 4 aromatic rings. The molecule has 0 N–H and O–H groups in total. The van der Waals surface area contributed by atoms with Crippen molar-refractivity contribution in [2.24, 2.45) is 0 Å². The topological polar surface area (TPSA) is 68.8 Å². The van der Waals surface area contributed by atoms with Gasteiger partial charge in [0.25, 0.3) is 5.56 Å². The van der Waals surface area contributed by atoms with Crippen LogP contribution in [0.4, 0.5) is 0 Å². The van der Waals surface area contributed by atoms with E-state index < -0.39 is 0 Å². The van der Waals surface area contributed by atoms with Crippen molar-refractivity contribution < 1.29 is 9.53 Å². The van der Waals surface area contributed by atoms with Crippen LogP contribution in [0.25, 0.3) is 16.7 Å². The molecule has 35 heavy (non-hydrogen) atoms. The molecule has 0 bridgehead atoms. The lowest BCUT2D eigenvalue weighted by atomic mass is 9.94. The Morgan fingerprint density at radius 2 is 1.83 bits per heavy atom. The molecular weight excluding hydrogens is 440 g/mol. The van der Waals surface area contributed by atoms with Crippen molar-refractivity contribution in [3.8, 4) is 5.88 Å². The predicted molar refractivity (Wildman–Crippen MR) is 137 cm³/mol. The molecule has 0 unspecified atom stereocenters. The zero-order chi connectivity index (χ0) is 24.2. The van der Waals surface area contributed by atoms with Crippen LogP contribution in [0.5, 0.6) is 5.88 Å². The van der Waals surface area contributed by atoms with Gasteiger partial charge in [-0.2, -0.15) is 4.98 Å². The van der Waals surface area contributed by atoms with Gasteiger partial charge in [-0.05, 0) is 43.0 Å². The Hall–Kier alpha value is -3.61. The van der Waals surface area contributed by atoms with Crippen molar-refractivity contribution in [2.45, 2.75) is 57.5 Å². The molecule has 1 aliphatic rings. The number of hydrogen-bond donors (Lipinski definition) is 0. The number of carbonyl (C=O) groups is 1. The minimum absolute atomic E-state index is 0.0533. The third-order valence-electron chi connectivity index (χ3n) is 7.05. The van der Waals surface area contributed by atoms with Crippen molar-refractivity contribution >= 4 is 22.6 Å². The second-order valence-corrected chi connectivity index (χ2v) is 9.38. The Balaban J connectivity index is 1.30. The van der Waals surface area contributed by atoms with Crippen LogP contribution in [0.15, 0.2) is 65.6 Å². The van der Waals surface area contributed by atoms with E-state index in [-0.39, 0.29) is 11.5 Å². The molecule has 0 radical (unpaired) electrons. The summed E-state index contributed by atoms with van der Waals surface area (Å²) < 4.78 is 9.50. The Morgan fingerprint density at radius 1 is 1.03 bits per heavy atom. The lowest BCUT2D eigenvalue weighted by Gasteiger charge is -2.31. The van der Waals surface area contributed by atoms with E-state index in [0.717, 1.165) is 23.9 Å². The average Bonchev–Trinajstić information content (AvgIpc) is 3.40. The van der Waals surface area contributed by atoms with Gasteiger partial charge in [0, 0.05) is 31.8 Å². The normalized spacial score (nSPS) is 14.4. The number of fused-ring (bicyclic) bond motifs is 3. The molecule has 7 heteroatoms. The highest BCUT2D eigenvalue weighted by Gasteiger charge is 2.21. The van der Waals surface area contributed by atoms with Crippen LogP contribution in [-0.4, -0.2) is 44.5 Å². The molecule has 0 atom stereocenters. The highest BCUT2D eigenvalue weighted by atomic mass is 16.5. The Labute approximate surface area is 205 Å². The van der Waals surface area contributed by atoms with Gasteiger partial charge in [-0.15, -0.1) is 0 Å². The van der Waals surface area contributed by atoms with Gasteiger partial charge in [-0.3, -0.25) is 18.6 Å². The van der Waals surface area contributed by atoms with E-state index in [0.29, 0.717) is 49.1 Å². The highest BCUT2D eigenvalue weighted by Crippen LogP contribution is 2.22. The fourth-order valence-electron chi connectivity index (χ4n) is 5.05. The maximum absolute atomic E-state index is 13.2. The smallest absolute Gasteiger partial charge is 0.275 e. The molecule has 1 aliphatic carbocycles. The van der Waals surface area contributed by atoms with Gasteiger partial charge in [0.05, 0.1) is 18.7 Å². The SMILES string of the molecule is CN(C(=O)CCCOc1ccc2c(n1)n1cccc1c(=O)n2Cc1ccccc1)C1CCCCC1. The third kappa shape index (κ3) is 4.94. The van der Waals surface area contributed by atoms with Crippen molar-refractivity contribution in [1.82, 2.24) is 18.9 Å². The van der Waals surface area contributed by atoms with E-state index in [1.54, 1.807) is 10.6 Å². The summed E-state index contributed by atoms with van der Waals surface area (Å²) in [6, 6.07) is 17.7. The van der Waals surface area contributed by atoms with Crippen LogP contribution in [0.3, 0.4) is 0 Å². The lowest BCUT2D eigenvalue weighted by molar-refractivity contribution is -0.132. The van der Waals surface area contributed by atoms with E-state index in [1.807, 2.05) is 71.1 Å². The summed E-state index contributed by atoms with van der Waals surface area (Å²) in [5.74, 6) is 0.677. The van der Waals surface area contributed by atoms with Gasteiger partial charge >= 0.3 is 0 Å². The summed E-state index contributed by atoms with van der Waals surface area (Å²) in [6.45, 7) is 0.886. The number of rotatable bonds is 8. The van der Waals surface area contributed by atoms with E-state index in [4.69, 9.17) is 9.72 Å². The zero-order valence-electron chi connectivity index (χ0n) is 20.2. The lowest BCUT2D eigenvalue weighted by Crippen LogP contribution is -2.38. The average molecular weight is 473 g/mol. The highest BCUT2D eigenvalue weighted by molar-refractivity contribution is 5.76. The quantitative estimate of drug-likeness (QED) is 0.350. The minimum Gasteiger partial charge on any atom is -0.478 e. The van der Waals surface area contributed by atoms with E-state index in [1.165, 1.54) is 19.3 Å². The summed E-state index contributed by atoms with van der Waals surface area (Å²) in [5.41, 5.74) is 3.00. The zero-order valence-corrected chi connectivity index (χ0v) is 20.2. The largest absolute Gasteiger partial charge is 0.478 e. The van der Waals surface area contributed by atoms with Gasteiger partial charge in [0.15, 0.2) is 5.65 Å². The van der Waals surface area contributed by atoms with E-state index in [9.17, 15) is 9.59 Å². The Morgan fingerprint density at radius 3 is 2.63 bits per heavy atom. The van der Waals surface area contributed by atoms with Gasteiger partial charge in [0.1, 0.15) is 5.52 Å². The summed E-state index contributed by atoms with van der Waals surface area (Å²) >= 11 is 0. The first-order chi connectivity index (χ1) is 17.1. The van der Waals surface area contributed by atoms with Gasteiger partial charge in [-0.25, -0.2) is 0 Å². The van der Waals surface area contributed by atoms with E-state index in [2.05, 4.69) is 0 Å². The van der Waals surface area contributed by atoms with Crippen molar-refractivity contribution in [3.63, 3.8) is 0 Å². The molecule has 3 aromatic heterocycles. The fourth-order valence-corrected chi connectivity index (χ4v) is 5.05. The molecule has 3 heterocycles. The summed E-state index contributed by atoms with van der Waals surface area (Å²) in [7, 11) is 1.93. The second-order valence-electron chi connectivity index (χ2n) is 9.38. The van der Waals surface area contributed by atoms with Crippen LogP contribution in [0.2, 0.25) is 0 Å². The number of aromatic nitrogens is 3. The number of hydrogen-bond acceptors (Lipinski definition) is 4. The number of ether oxygens (including phenoxy) is 1. The molecule has 1 fully saturated rings. The first-order valence-electron chi connectivity index (χ1n) is 12.5. The van der Waals surface area contributed by atoms with E-state index >= 15 is 0 Å². The van der Waals surface area contributed by atoms with Crippen molar-refractivity contribution in [3.05, 3.63) is 76.7 Å². The molecule has 5 rings (SSSR count). The Bertz CT molecular complexity index is 1370. The standard InChI is InChI=1S/C28H32N4O3/c1-30(22-12-6-3-7-13-22)26(33)15-9-19-35-25-17-16-23-27(29-25)31-18-8-14-24(31)28(34)32(23)20-21-10-4-2-5-11-21/h2,4-5,8,10-11,14,16-18,22H,3,6-7,9,12-13,15,19-20H2,1H3. The number of carbonyl (C=O) groups excluding carboxylic acids is 1. The molecule has 1 aromatic carbocycles. The number of nitrogens with zero attached hydrogens (tertiary/aromatic N) is 4. The molecule has 7 nitrogen and oxygen atoms in total. The molecule has 0 saturated heterocycles. The number of benzene rings is 1. The van der Waals surface area contributed by atoms with Crippen molar-refractivity contribution in [1.29, 1.82) is 0 Å². The minimum atomic E-state index is -0.0533. The third-order valence-corrected chi connectivity index (χ3v) is 7.05. The molecular formula is C28H32N4O3. The molecule has 1 saturated carbocycles. The van der Waals surface area contributed by atoms with Crippen LogP contribution in [0, 0.1) is 0 Å². The maximum atomic E-state index is 13.2. The van der Waals surface area contributed by atoms with Crippen molar-refractivity contribution in [2.75, 3.05) is 13.7 Å². The monoisotopic (exact) mass is 472 g/mol.